The molecule has 0 spiro atoms. The van der Waals surface area contributed by atoms with Crippen molar-refractivity contribution in [1.29, 1.82) is 10.8 Å². The average Bonchev–Trinajstić information content (AvgIpc) is 2.85. The Morgan fingerprint density at radius 3 is 1.68 bits per heavy atom. The molecule has 158 valence electrons. The van der Waals surface area contributed by atoms with Crippen molar-refractivity contribution in [3.05, 3.63) is 108 Å². The predicted octanol–water partition coefficient (Wildman–Crippen LogP) is 6.19. The molecule has 1 aliphatic carbocycles. The summed E-state index contributed by atoms with van der Waals surface area (Å²) in [6.45, 7) is 0. The fourth-order valence-corrected chi connectivity index (χ4v) is 5.08. The van der Waals surface area contributed by atoms with Crippen LogP contribution in [0.15, 0.2) is 91.0 Å². The van der Waals surface area contributed by atoms with E-state index in [2.05, 4.69) is 96.3 Å². The van der Waals surface area contributed by atoms with Crippen LogP contribution in [0.2, 0.25) is 0 Å². The summed E-state index contributed by atoms with van der Waals surface area (Å²) in [7, 11) is 0. The molecule has 2 atom stereocenters. The normalized spacial score (nSPS) is 19.0. The molecule has 0 aromatic heterocycles. The number of nitrogens with one attached hydrogen (secondary N) is 3. The molecule has 0 saturated heterocycles. The van der Waals surface area contributed by atoms with Crippen molar-refractivity contribution in [3.63, 3.8) is 0 Å². The highest BCUT2D eigenvalue weighted by Crippen LogP contribution is 2.40. The number of rotatable bonds is 8. The van der Waals surface area contributed by atoms with Gasteiger partial charge in [0.1, 0.15) is 0 Å². The Labute approximate surface area is 185 Å². The van der Waals surface area contributed by atoms with Crippen LogP contribution in [0, 0.1) is 16.7 Å². The molecule has 0 aliphatic heterocycles. The smallest absolute Gasteiger partial charge is 0.0950 e. The molecule has 1 fully saturated rings. The topological polar surface area (TPSA) is 59.7 Å². The van der Waals surface area contributed by atoms with Crippen LogP contribution in [0.1, 0.15) is 48.8 Å². The summed E-state index contributed by atoms with van der Waals surface area (Å²) in [5.41, 5.74) is 3.61. The summed E-state index contributed by atoms with van der Waals surface area (Å²) in [4.78, 5) is 0. The molecule has 31 heavy (non-hydrogen) atoms. The lowest BCUT2D eigenvalue weighted by Crippen LogP contribution is -2.53. The largest absolute Gasteiger partial charge is 0.307 e. The molecular formula is C28H31N3. The molecule has 0 radical (unpaired) electrons. The van der Waals surface area contributed by atoms with E-state index in [4.69, 9.17) is 10.8 Å². The van der Waals surface area contributed by atoms with Crippen molar-refractivity contribution >= 4 is 11.9 Å². The van der Waals surface area contributed by atoms with Crippen molar-refractivity contribution in [3.8, 4) is 0 Å². The second-order valence-electron chi connectivity index (χ2n) is 8.52. The monoisotopic (exact) mass is 409 g/mol. The molecule has 0 unspecified atom stereocenters. The van der Waals surface area contributed by atoms with Crippen LogP contribution in [0.5, 0.6) is 0 Å². The van der Waals surface area contributed by atoms with Gasteiger partial charge in [0.05, 0.1) is 5.54 Å². The number of hydrogen-bond donors (Lipinski definition) is 3. The van der Waals surface area contributed by atoms with Gasteiger partial charge in [-0.1, -0.05) is 104 Å². The minimum Gasteiger partial charge on any atom is -0.307 e. The van der Waals surface area contributed by atoms with Crippen LogP contribution in [0.25, 0.3) is 0 Å². The van der Waals surface area contributed by atoms with Gasteiger partial charge in [-0.3, -0.25) is 5.32 Å². The Morgan fingerprint density at radius 2 is 1.23 bits per heavy atom. The lowest BCUT2D eigenvalue weighted by Gasteiger charge is -2.44. The minimum absolute atomic E-state index is 0.273. The maximum Gasteiger partial charge on any atom is 0.0950 e. The molecule has 1 aliphatic rings. The van der Waals surface area contributed by atoms with E-state index < -0.39 is 5.54 Å². The van der Waals surface area contributed by atoms with Gasteiger partial charge in [-0.05, 0) is 41.9 Å². The Hall–Kier alpha value is -3.04. The van der Waals surface area contributed by atoms with Crippen LogP contribution < -0.4 is 5.32 Å². The third kappa shape index (κ3) is 4.52. The van der Waals surface area contributed by atoms with E-state index in [1.165, 1.54) is 35.7 Å². The summed E-state index contributed by atoms with van der Waals surface area (Å²) in [5, 5.41) is 19.7. The zero-order valence-electron chi connectivity index (χ0n) is 17.9. The van der Waals surface area contributed by atoms with Gasteiger partial charge in [0.25, 0.3) is 0 Å². The molecule has 3 nitrogen and oxygen atoms in total. The summed E-state index contributed by atoms with van der Waals surface area (Å²) < 4.78 is 0. The van der Waals surface area contributed by atoms with Crippen molar-refractivity contribution in [1.82, 2.24) is 5.32 Å². The second kappa shape index (κ2) is 9.84. The molecule has 3 N–H and O–H groups in total. The molecule has 4 rings (SSSR count). The Morgan fingerprint density at radius 1 is 0.774 bits per heavy atom. The summed E-state index contributed by atoms with van der Waals surface area (Å²) in [6, 6.07) is 32.4. The van der Waals surface area contributed by atoms with E-state index in [0.717, 1.165) is 12.8 Å². The van der Waals surface area contributed by atoms with Crippen LogP contribution in [-0.2, 0) is 5.54 Å². The second-order valence-corrected chi connectivity index (χ2v) is 8.52. The molecule has 0 amide bonds. The first-order valence-corrected chi connectivity index (χ1v) is 11.3. The fourth-order valence-electron chi connectivity index (χ4n) is 5.08. The highest BCUT2D eigenvalue weighted by Gasteiger charge is 2.40. The minimum atomic E-state index is -0.475. The highest BCUT2D eigenvalue weighted by molar-refractivity contribution is 6.27. The third-order valence-electron chi connectivity index (χ3n) is 6.59. The van der Waals surface area contributed by atoms with Gasteiger partial charge in [0, 0.05) is 18.0 Å². The Balaban J connectivity index is 1.85. The standard InChI is InChI=1S/C28H31N3/c29-21-26(30)20-22-12-10-11-19-27(22)31-28(23-13-4-1-5-14-23,24-15-6-2-7-16-24)25-17-8-3-9-18-25/h1-9,13-18,21-22,27,29-31H,10-12,19-20H2/t22-,27-/m1/s1. The first-order chi connectivity index (χ1) is 15.2. The highest BCUT2D eigenvalue weighted by atomic mass is 15.0. The van der Waals surface area contributed by atoms with E-state index in [1.54, 1.807) is 0 Å². The molecule has 0 heterocycles. The SMILES string of the molecule is N=CC(=N)C[C@H]1CCCC[C@H]1NC(c1ccccc1)(c1ccccc1)c1ccccc1. The summed E-state index contributed by atoms with van der Waals surface area (Å²) in [5.74, 6) is 0.360. The van der Waals surface area contributed by atoms with Gasteiger partial charge in [-0.2, -0.15) is 0 Å². The summed E-state index contributed by atoms with van der Waals surface area (Å²) in [6.07, 6.45) is 6.44. The molecule has 0 bridgehead atoms. The predicted molar refractivity (Wildman–Crippen MR) is 129 cm³/mol. The van der Waals surface area contributed by atoms with Gasteiger partial charge >= 0.3 is 0 Å². The van der Waals surface area contributed by atoms with Crippen LogP contribution in [-0.4, -0.2) is 18.0 Å². The molecule has 3 aromatic rings. The van der Waals surface area contributed by atoms with Gasteiger partial charge in [-0.15, -0.1) is 0 Å². The van der Waals surface area contributed by atoms with Crippen molar-refractivity contribution in [2.75, 3.05) is 0 Å². The zero-order chi connectivity index (χ0) is 21.5. The maximum absolute atomic E-state index is 8.12. The Bertz CT molecular complexity index is 886. The van der Waals surface area contributed by atoms with Gasteiger partial charge in [0.15, 0.2) is 0 Å². The zero-order valence-corrected chi connectivity index (χ0v) is 17.9. The van der Waals surface area contributed by atoms with Crippen LogP contribution in [0.3, 0.4) is 0 Å². The van der Waals surface area contributed by atoms with Crippen molar-refractivity contribution < 1.29 is 0 Å². The third-order valence-corrected chi connectivity index (χ3v) is 6.59. The maximum atomic E-state index is 8.12. The first kappa shape index (κ1) is 21.2. The van der Waals surface area contributed by atoms with Gasteiger partial charge in [-0.25, -0.2) is 0 Å². The Kier molecular flexibility index (Phi) is 6.73. The average molecular weight is 410 g/mol. The first-order valence-electron chi connectivity index (χ1n) is 11.3. The quantitative estimate of drug-likeness (QED) is 0.302. The molecule has 3 heteroatoms. The van der Waals surface area contributed by atoms with Crippen LogP contribution >= 0.6 is 0 Å². The lowest BCUT2D eigenvalue weighted by molar-refractivity contribution is 0.233. The van der Waals surface area contributed by atoms with E-state index in [0.29, 0.717) is 18.1 Å². The van der Waals surface area contributed by atoms with E-state index >= 15 is 0 Å². The fraction of sp³-hybridized carbons (Fsp3) is 0.286. The van der Waals surface area contributed by atoms with Crippen LogP contribution in [0.4, 0.5) is 0 Å². The van der Waals surface area contributed by atoms with E-state index in [9.17, 15) is 0 Å². The molecule has 3 aromatic carbocycles. The van der Waals surface area contributed by atoms with E-state index in [1.807, 2.05) is 0 Å². The lowest BCUT2D eigenvalue weighted by atomic mass is 9.73. The van der Waals surface area contributed by atoms with Gasteiger partial charge < -0.3 is 10.8 Å². The molecular weight excluding hydrogens is 378 g/mol. The van der Waals surface area contributed by atoms with Crippen molar-refractivity contribution in [2.45, 2.75) is 43.7 Å². The van der Waals surface area contributed by atoms with Gasteiger partial charge in [0.2, 0.25) is 0 Å². The van der Waals surface area contributed by atoms with E-state index in [-0.39, 0.29) is 6.04 Å². The molecule has 1 saturated carbocycles. The van der Waals surface area contributed by atoms with Crippen molar-refractivity contribution in [2.24, 2.45) is 5.92 Å². The number of hydrogen-bond acceptors (Lipinski definition) is 3. The number of benzene rings is 3. The summed E-state index contributed by atoms with van der Waals surface area (Å²) >= 11 is 0.